The van der Waals surface area contributed by atoms with Crippen molar-refractivity contribution in [3.8, 4) is 0 Å². The Labute approximate surface area is 103 Å². The van der Waals surface area contributed by atoms with Gasteiger partial charge in [0, 0.05) is 13.2 Å². The van der Waals surface area contributed by atoms with Gasteiger partial charge in [0.25, 0.3) is 0 Å². The minimum absolute atomic E-state index is 0.0155. The molecular weight excluding hydrogens is 214 g/mol. The summed E-state index contributed by atoms with van der Waals surface area (Å²) in [7, 11) is 0. The highest BCUT2D eigenvalue weighted by Crippen LogP contribution is 2.15. The number of aliphatic hydroxyl groups excluding tert-OH is 1. The topological polar surface area (TPSA) is 41.5 Å². The van der Waals surface area contributed by atoms with Gasteiger partial charge in [-0.05, 0) is 24.8 Å². The largest absolute Gasteiger partial charge is 0.394 e. The Bertz CT molecular complexity index is 309. The Morgan fingerprint density at radius 1 is 1.29 bits per heavy atom. The lowest BCUT2D eigenvalue weighted by Gasteiger charge is -2.25. The van der Waals surface area contributed by atoms with Crippen LogP contribution in [0, 0.1) is 0 Å². The van der Waals surface area contributed by atoms with Crippen LogP contribution < -0.4 is 5.32 Å². The van der Waals surface area contributed by atoms with Crippen LogP contribution in [0.4, 0.5) is 0 Å². The van der Waals surface area contributed by atoms with Crippen LogP contribution in [0.5, 0.6) is 0 Å². The van der Waals surface area contributed by atoms with Crippen molar-refractivity contribution in [1.82, 2.24) is 5.32 Å². The fraction of sp³-hybridized carbons (Fsp3) is 0.571. The van der Waals surface area contributed by atoms with E-state index in [1.54, 1.807) is 0 Å². The molecule has 1 aliphatic rings. The van der Waals surface area contributed by atoms with E-state index in [1.165, 1.54) is 12.8 Å². The first kappa shape index (κ1) is 12.6. The van der Waals surface area contributed by atoms with E-state index in [2.05, 4.69) is 5.32 Å². The predicted molar refractivity (Wildman–Crippen MR) is 67.9 cm³/mol. The third-order valence-corrected chi connectivity index (χ3v) is 3.25. The Morgan fingerprint density at radius 3 is 2.76 bits per heavy atom. The third-order valence-electron chi connectivity index (χ3n) is 3.25. The fourth-order valence-electron chi connectivity index (χ4n) is 2.22. The molecule has 94 valence electrons. The highest BCUT2D eigenvalue weighted by molar-refractivity contribution is 5.18. The monoisotopic (exact) mass is 235 g/mol. The number of aliphatic hydroxyl groups is 1. The minimum Gasteiger partial charge on any atom is -0.394 e. The molecule has 0 amide bonds. The lowest BCUT2D eigenvalue weighted by atomic mass is 10.1. The first-order valence-electron chi connectivity index (χ1n) is 6.41. The number of hydrogen-bond acceptors (Lipinski definition) is 3. The highest BCUT2D eigenvalue weighted by Gasteiger charge is 2.16. The van der Waals surface area contributed by atoms with E-state index in [9.17, 15) is 5.11 Å². The number of rotatable bonds is 5. The van der Waals surface area contributed by atoms with Crippen LogP contribution in [0.15, 0.2) is 30.3 Å². The summed E-state index contributed by atoms with van der Waals surface area (Å²) >= 11 is 0. The Morgan fingerprint density at radius 2 is 2.12 bits per heavy atom. The summed E-state index contributed by atoms with van der Waals surface area (Å²) in [5.41, 5.74) is 1.13. The lowest BCUT2D eigenvalue weighted by molar-refractivity contribution is 0.0141. The molecule has 2 N–H and O–H groups in total. The number of hydrogen-bond donors (Lipinski definition) is 2. The number of benzene rings is 1. The van der Waals surface area contributed by atoms with Crippen LogP contribution in [-0.4, -0.2) is 31.0 Å². The first-order chi connectivity index (χ1) is 8.40. The molecule has 2 unspecified atom stereocenters. The third kappa shape index (κ3) is 3.80. The summed E-state index contributed by atoms with van der Waals surface area (Å²) in [5.74, 6) is 0. The first-order valence-corrected chi connectivity index (χ1v) is 6.41. The van der Waals surface area contributed by atoms with Gasteiger partial charge < -0.3 is 15.2 Å². The van der Waals surface area contributed by atoms with Gasteiger partial charge in [-0.3, -0.25) is 0 Å². The van der Waals surface area contributed by atoms with Gasteiger partial charge in [0.05, 0.1) is 18.8 Å². The second kappa shape index (κ2) is 6.74. The molecule has 0 radical (unpaired) electrons. The van der Waals surface area contributed by atoms with Crippen molar-refractivity contribution in [3.63, 3.8) is 0 Å². The molecule has 1 aliphatic heterocycles. The zero-order valence-electron chi connectivity index (χ0n) is 10.1. The molecule has 1 fully saturated rings. The van der Waals surface area contributed by atoms with E-state index in [-0.39, 0.29) is 12.6 Å². The van der Waals surface area contributed by atoms with E-state index in [4.69, 9.17) is 4.74 Å². The van der Waals surface area contributed by atoms with Gasteiger partial charge >= 0.3 is 0 Å². The van der Waals surface area contributed by atoms with Crippen molar-refractivity contribution < 1.29 is 9.84 Å². The van der Waals surface area contributed by atoms with E-state index >= 15 is 0 Å². The van der Waals surface area contributed by atoms with Crippen molar-refractivity contribution in [2.24, 2.45) is 0 Å². The van der Waals surface area contributed by atoms with Crippen LogP contribution >= 0.6 is 0 Å². The molecule has 0 saturated carbocycles. The molecule has 3 nitrogen and oxygen atoms in total. The van der Waals surface area contributed by atoms with Gasteiger partial charge in [0.2, 0.25) is 0 Å². The van der Waals surface area contributed by atoms with Crippen molar-refractivity contribution in [1.29, 1.82) is 0 Å². The molecule has 0 spiro atoms. The normalized spacial score (nSPS) is 22.3. The Hall–Kier alpha value is -0.900. The molecule has 2 rings (SSSR count). The van der Waals surface area contributed by atoms with Gasteiger partial charge in [-0.1, -0.05) is 30.3 Å². The molecule has 3 heteroatoms. The highest BCUT2D eigenvalue weighted by atomic mass is 16.5. The standard InChI is InChI=1S/C14H21NO2/c16-11-14(12-6-2-1-3-7-12)15-10-13-8-4-5-9-17-13/h1-3,6-7,13-16H,4-5,8-11H2. The zero-order chi connectivity index (χ0) is 11.9. The lowest BCUT2D eigenvalue weighted by Crippen LogP contribution is -2.35. The molecule has 1 saturated heterocycles. The van der Waals surface area contributed by atoms with Crippen LogP contribution in [0.3, 0.4) is 0 Å². The molecule has 1 aromatic rings. The minimum atomic E-state index is 0.0155. The summed E-state index contributed by atoms with van der Waals surface area (Å²) in [4.78, 5) is 0. The molecular formula is C14H21NO2. The average Bonchev–Trinajstić information content (AvgIpc) is 2.42. The van der Waals surface area contributed by atoms with Gasteiger partial charge in [0.1, 0.15) is 0 Å². The molecule has 2 atom stereocenters. The van der Waals surface area contributed by atoms with E-state index < -0.39 is 0 Å². The Balaban J connectivity index is 1.83. The second-order valence-corrected chi connectivity index (χ2v) is 4.54. The summed E-state index contributed by atoms with van der Waals surface area (Å²) in [6.07, 6.45) is 3.86. The van der Waals surface area contributed by atoms with Crippen molar-refractivity contribution >= 4 is 0 Å². The van der Waals surface area contributed by atoms with E-state index in [0.29, 0.717) is 6.10 Å². The summed E-state index contributed by atoms with van der Waals surface area (Å²) in [5, 5.41) is 12.8. The van der Waals surface area contributed by atoms with Gasteiger partial charge in [0.15, 0.2) is 0 Å². The maximum absolute atomic E-state index is 9.41. The predicted octanol–water partition coefficient (Wildman–Crippen LogP) is 1.88. The molecule has 0 aromatic heterocycles. The van der Waals surface area contributed by atoms with E-state index in [1.807, 2.05) is 30.3 Å². The quantitative estimate of drug-likeness (QED) is 0.818. The fourth-order valence-corrected chi connectivity index (χ4v) is 2.22. The molecule has 17 heavy (non-hydrogen) atoms. The van der Waals surface area contributed by atoms with Crippen LogP contribution in [0.2, 0.25) is 0 Å². The zero-order valence-corrected chi connectivity index (χ0v) is 10.1. The van der Waals surface area contributed by atoms with Crippen LogP contribution in [0.25, 0.3) is 0 Å². The van der Waals surface area contributed by atoms with Gasteiger partial charge in [-0.25, -0.2) is 0 Å². The van der Waals surface area contributed by atoms with Crippen molar-refractivity contribution in [3.05, 3.63) is 35.9 Å². The van der Waals surface area contributed by atoms with Crippen molar-refractivity contribution in [2.45, 2.75) is 31.4 Å². The maximum Gasteiger partial charge on any atom is 0.0699 e. The molecule has 1 aromatic carbocycles. The van der Waals surface area contributed by atoms with Gasteiger partial charge in [-0.2, -0.15) is 0 Å². The van der Waals surface area contributed by atoms with Crippen molar-refractivity contribution in [2.75, 3.05) is 19.8 Å². The summed E-state index contributed by atoms with van der Waals surface area (Å²) in [6.45, 7) is 1.82. The number of ether oxygens (including phenoxy) is 1. The van der Waals surface area contributed by atoms with Gasteiger partial charge in [-0.15, -0.1) is 0 Å². The molecule has 0 aliphatic carbocycles. The number of nitrogens with one attached hydrogen (secondary N) is 1. The van der Waals surface area contributed by atoms with E-state index in [0.717, 1.165) is 25.1 Å². The summed E-state index contributed by atoms with van der Waals surface area (Å²) < 4.78 is 5.66. The second-order valence-electron chi connectivity index (χ2n) is 4.54. The summed E-state index contributed by atoms with van der Waals surface area (Å²) in [6, 6.07) is 10.1. The smallest absolute Gasteiger partial charge is 0.0699 e. The van der Waals surface area contributed by atoms with Crippen LogP contribution in [-0.2, 0) is 4.74 Å². The Kier molecular flexibility index (Phi) is 4.98. The SMILES string of the molecule is OCC(NCC1CCCCO1)c1ccccc1. The molecule has 0 bridgehead atoms. The maximum atomic E-state index is 9.41. The average molecular weight is 235 g/mol. The van der Waals surface area contributed by atoms with Crippen LogP contribution in [0.1, 0.15) is 30.9 Å². The molecule has 1 heterocycles.